The number of halogens is 2. The Morgan fingerprint density at radius 3 is 2.21 bits per heavy atom. The molecular weight excluding hydrogens is 492 g/mol. The summed E-state index contributed by atoms with van der Waals surface area (Å²) in [6, 6.07) is -0.663. The summed E-state index contributed by atoms with van der Waals surface area (Å²) in [7, 11) is -9.33. The van der Waals surface area contributed by atoms with Gasteiger partial charge in [-0.3, -0.25) is 0 Å². The molecule has 1 aliphatic rings. The first-order valence-electron chi connectivity index (χ1n) is 10.6. The maximum absolute atomic E-state index is 15.5. The molecule has 0 unspecified atom stereocenters. The quantitative estimate of drug-likeness (QED) is 0.261. The molecule has 9 nitrogen and oxygen atoms in total. The standard InChI is InChI=1S/C21H29F2N3O6S2/c22-16-18(25-11-6-7-12-27)21(33(29,30)14-8-13-28)19(17(23)20(16)34(24,31)32)26-15-9-4-2-1-3-5-10-15/h1-5,9,15,25-28H,6-8,10-14H2,(H2,24,31,32)/b2-1-,5-3-,9-4-/t15-/m0/s1. The molecule has 1 aromatic carbocycles. The lowest BCUT2D eigenvalue weighted by Crippen LogP contribution is -2.26. The average molecular weight is 522 g/mol. The van der Waals surface area contributed by atoms with Crippen LogP contribution >= 0.6 is 0 Å². The van der Waals surface area contributed by atoms with Gasteiger partial charge in [0.2, 0.25) is 10.0 Å². The lowest BCUT2D eigenvalue weighted by atomic mass is 10.1. The predicted octanol–water partition coefficient (Wildman–Crippen LogP) is 1.81. The number of rotatable bonds is 12. The molecule has 1 atom stereocenters. The zero-order valence-electron chi connectivity index (χ0n) is 18.4. The molecule has 0 bridgehead atoms. The van der Waals surface area contributed by atoms with Crippen LogP contribution in [0.2, 0.25) is 0 Å². The van der Waals surface area contributed by atoms with Crippen LogP contribution in [0.5, 0.6) is 0 Å². The Morgan fingerprint density at radius 2 is 1.56 bits per heavy atom. The Balaban J connectivity index is 2.80. The Kier molecular flexibility index (Phi) is 10.2. The molecule has 34 heavy (non-hydrogen) atoms. The lowest BCUT2D eigenvalue weighted by molar-refractivity contribution is 0.286. The van der Waals surface area contributed by atoms with Gasteiger partial charge in [0.05, 0.1) is 17.1 Å². The highest BCUT2D eigenvalue weighted by molar-refractivity contribution is 7.91. The largest absolute Gasteiger partial charge is 0.396 e. The summed E-state index contributed by atoms with van der Waals surface area (Å²) < 4.78 is 81.3. The highest BCUT2D eigenvalue weighted by Crippen LogP contribution is 2.40. The van der Waals surface area contributed by atoms with Crippen LogP contribution in [0.25, 0.3) is 0 Å². The van der Waals surface area contributed by atoms with Gasteiger partial charge in [-0.1, -0.05) is 36.5 Å². The van der Waals surface area contributed by atoms with Crippen LogP contribution in [0.4, 0.5) is 20.2 Å². The Bertz CT molecular complexity index is 1170. The second-order valence-electron chi connectivity index (χ2n) is 7.52. The summed E-state index contributed by atoms with van der Waals surface area (Å²) in [6.07, 6.45) is 10.8. The van der Waals surface area contributed by atoms with E-state index in [1.807, 2.05) is 0 Å². The summed E-state index contributed by atoms with van der Waals surface area (Å²) >= 11 is 0. The zero-order valence-corrected chi connectivity index (χ0v) is 20.0. The van der Waals surface area contributed by atoms with Crippen molar-refractivity contribution in [3.8, 4) is 0 Å². The van der Waals surface area contributed by atoms with Crippen LogP contribution in [0.1, 0.15) is 25.7 Å². The summed E-state index contributed by atoms with van der Waals surface area (Å²) in [5.41, 5.74) is -1.48. The predicted molar refractivity (Wildman–Crippen MR) is 126 cm³/mol. The van der Waals surface area contributed by atoms with Crippen LogP contribution in [-0.4, -0.2) is 58.6 Å². The number of aliphatic hydroxyl groups excluding tert-OH is 2. The summed E-state index contributed by atoms with van der Waals surface area (Å²) in [6.45, 7) is -0.684. The molecule has 1 aromatic rings. The van der Waals surface area contributed by atoms with Crippen molar-refractivity contribution < 1.29 is 35.8 Å². The van der Waals surface area contributed by atoms with Gasteiger partial charge in [0.25, 0.3) is 0 Å². The van der Waals surface area contributed by atoms with Gasteiger partial charge in [-0.15, -0.1) is 0 Å². The molecule has 0 aliphatic heterocycles. The maximum Gasteiger partial charge on any atom is 0.244 e. The summed E-state index contributed by atoms with van der Waals surface area (Å²) in [5, 5.41) is 28.4. The zero-order chi connectivity index (χ0) is 25.4. The molecule has 0 radical (unpaired) electrons. The third-order valence-electron chi connectivity index (χ3n) is 4.88. The minimum atomic E-state index is -4.93. The van der Waals surface area contributed by atoms with Gasteiger partial charge >= 0.3 is 0 Å². The number of nitrogens with one attached hydrogen (secondary N) is 2. The molecule has 190 valence electrons. The SMILES string of the molecule is NS(=O)(=O)c1c(F)c(NCCCCO)c(S(=O)(=O)CCCO)c(N[C@H]2\C=C/C=C\C=C/C2)c1F. The van der Waals surface area contributed by atoms with Crippen molar-refractivity contribution in [3.63, 3.8) is 0 Å². The van der Waals surface area contributed by atoms with Crippen LogP contribution in [-0.2, 0) is 19.9 Å². The Hall–Kier alpha value is -2.32. The topological polar surface area (TPSA) is 159 Å². The average Bonchev–Trinajstić information content (AvgIpc) is 2.73. The Labute approximate surface area is 198 Å². The second-order valence-corrected chi connectivity index (χ2v) is 11.1. The van der Waals surface area contributed by atoms with Crippen molar-refractivity contribution >= 4 is 31.2 Å². The summed E-state index contributed by atoms with van der Waals surface area (Å²) in [4.78, 5) is -2.26. The minimum absolute atomic E-state index is 0.0357. The van der Waals surface area contributed by atoms with Gasteiger partial charge in [-0.2, -0.15) is 0 Å². The molecule has 13 heteroatoms. The lowest BCUT2D eigenvalue weighted by Gasteiger charge is -2.24. The van der Waals surface area contributed by atoms with Crippen LogP contribution < -0.4 is 15.8 Å². The van der Waals surface area contributed by atoms with Crippen molar-refractivity contribution in [1.29, 1.82) is 0 Å². The smallest absolute Gasteiger partial charge is 0.244 e. The highest BCUT2D eigenvalue weighted by Gasteiger charge is 2.36. The first-order valence-corrected chi connectivity index (χ1v) is 13.8. The number of allylic oxidation sites excluding steroid dienone is 4. The third kappa shape index (κ3) is 7.09. The number of benzene rings is 1. The van der Waals surface area contributed by atoms with E-state index in [0.29, 0.717) is 12.8 Å². The van der Waals surface area contributed by atoms with Crippen LogP contribution in [0, 0.1) is 11.6 Å². The number of hydrogen-bond acceptors (Lipinski definition) is 8. The summed E-state index contributed by atoms with van der Waals surface area (Å²) in [5.74, 6) is -3.95. The van der Waals surface area contributed by atoms with Gasteiger partial charge in [0, 0.05) is 25.8 Å². The van der Waals surface area contributed by atoms with E-state index in [4.69, 9.17) is 15.4 Å². The second kappa shape index (κ2) is 12.4. The fourth-order valence-electron chi connectivity index (χ4n) is 3.30. The van der Waals surface area contributed by atoms with E-state index in [1.165, 1.54) is 0 Å². The van der Waals surface area contributed by atoms with Gasteiger partial charge in [-0.05, 0) is 25.7 Å². The van der Waals surface area contributed by atoms with Crippen molar-refractivity contribution in [1.82, 2.24) is 0 Å². The van der Waals surface area contributed by atoms with Crippen molar-refractivity contribution in [2.45, 2.75) is 41.5 Å². The number of sulfone groups is 1. The molecule has 0 saturated carbocycles. The molecule has 0 heterocycles. The molecular formula is C21H29F2N3O6S2. The number of primary sulfonamides is 1. The number of unbranched alkanes of at least 4 members (excludes halogenated alkanes) is 1. The van der Waals surface area contributed by atoms with Crippen LogP contribution in [0.15, 0.2) is 46.2 Å². The number of anilines is 2. The van der Waals surface area contributed by atoms with Gasteiger partial charge in [0.1, 0.15) is 4.90 Å². The van der Waals surface area contributed by atoms with E-state index in [2.05, 4.69) is 10.6 Å². The molecule has 0 amide bonds. The van der Waals surface area contributed by atoms with Gasteiger partial charge < -0.3 is 20.8 Å². The highest BCUT2D eigenvalue weighted by atomic mass is 32.2. The van der Waals surface area contributed by atoms with Crippen molar-refractivity contribution in [3.05, 3.63) is 48.1 Å². The molecule has 0 spiro atoms. The number of nitrogens with two attached hydrogens (primary N) is 1. The number of sulfonamides is 1. The van der Waals surface area contributed by atoms with Crippen molar-refractivity contribution in [2.24, 2.45) is 5.14 Å². The van der Waals surface area contributed by atoms with Gasteiger partial charge in [-0.25, -0.2) is 30.8 Å². The maximum atomic E-state index is 15.5. The Morgan fingerprint density at radius 1 is 0.912 bits per heavy atom. The van der Waals surface area contributed by atoms with E-state index in [0.717, 1.165) is 0 Å². The number of aliphatic hydroxyl groups is 2. The van der Waals surface area contributed by atoms with Crippen LogP contribution in [0.3, 0.4) is 0 Å². The molecule has 0 saturated heterocycles. The normalized spacial score (nSPS) is 19.1. The fourth-order valence-corrected chi connectivity index (χ4v) is 5.65. The third-order valence-corrected chi connectivity index (χ3v) is 7.66. The molecule has 0 fully saturated rings. The van der Waals surface area contributed by atoms with E-state index >= 15 is 8.78 Å². The number of hydrogen-bond donors (Lipinski definition) is 5. The first-order chi connectivity index (χ1) is 16.0. The van der Waals surface area contributed by atoms with E-state index in [9.17, 15) is 16.8 Å². The monoisotopic (exact) mass is 521 g/mol. The van der Waals surface area contributed by atoms with Gasteiger partial charge in [0.15, 0.2) is 26.4 Å². The fraction of sp³-hybridized carbons (Fsp3) is 0.429. The molecule has 6 N–H and O–H groups in total. The molecule has 0 aromatic heterocycles. The van der Waals surface area contributed by atoms with Crippen molar-refractivity contribution in [2.75, 3.05) is 36.1 Å². The minimum Gasteiger partial charge on any atom is -0.396 e. The molecule has 1 aliphatic carbocycles. The molecule has 2 rings (SSSR count). The first kappa shape index (κ1) is 27.9. The van der Waals surface area contributed by atoms with E-state index in [-0.39, 0.29) is 26.0 Å². The van der Waals surface area contributed by atoms with E-state index in [1.54, 1.807) is 36.5 Å². The van der Waals surface area contributed by atoms with E-state index < -0.39 is 71.1 Å².